The van der Waals surface area contributed by atoms with E-state index in [1.807, 2.05) is 67.4 Å². The second kappa shape index (κ2) is 10.9. The molecule has 0 fully saturated rings. The van der Waals surface area contributed by atoms with Crippen LogP contribution in [0, 0.1) is 13.8 Å². The topological polar surface area (TPSA) is 86.0 Å². The van der Waals surface area contributed by atoms with E-state index in [0.717, 1.165) is 34.0 Å². The molecule has 3 aromatic rings. The highest BCUT2D eigenvalue weighted by molar-refractivity contribution is 5.84. The molecular formula is C25H32N4O4. The van der Waals surface area contributed by atoms with Crippen LogP contribution in [-0.2, 0) is 20.7 Å². The SMILES string of the molecule is CCN(CC)C(=O)Cc1c(-c2ccc(OCCCOC(C)=O)cc2)nn2c(C)cc(C)nc12. The van der Waals surface area contributed by atoms with E-state index in [4.69, 9.17) is 19.6 Å². The fourth-order valence-corrected chi connectivity index (χ4v) is 3.77. The largest absolute Gasteiger partial charge is 0.493 e. The molecule has 1 aromatic carbocycles. The molecule has 0 aliphatic carbocycles. The monoisotopic (exact) mass is 452 g/mol. The fraction of sp³-hybridized carbons (Fsp3) is 0.440. The molecule has 1 amide bonds. The van der Waals surface area contributed by atoms with Gasteiger partial charge in [-0.3, -0.25) is 9.59 Å². The Hall–Kier alpha value is -3.42. The summed E-state index contributed by atoms with van der Waals surface area (Å²) in [5.74, 6) is 0.489. The smallest absolute Gasteiger partial charge is 0.302 e. The van der Waals surface area contributed by atoms with Crippen molar-refractivity contribution in [3.05, 3.63) is 47.3 Å². The summed E-state index contributed by atoms with van der Waals surface area (Å²) in [6, 6.07) is 9.62. The molecule has 3 rings (SSSR count). The minimum Gasteiger partial charge on any atom is -0.493 e. The van der Waals surface area contributed by atoms with Crippen LogP contribution in [-0.4, -0.2) is 57.7 Å². The zero-order chi connectivity index (χ0) is 24.0. The second-order valence-electron chi connectivity index (χ2n) is 7.91. The summed E-state index contributed by atoms with van der Waals surface area (Å²) >= 11 is 0. The lowest BCUT2D eigenvalue weighted by molar-refractivity contribution is -0.141. The molecule has 2 heterocycles. The van der Waals surface area contributed by atoms with E-state index in [1.54, 1.807) is 0 Å². The van der Waals surface area contributed by atoms with Gasteiger partial charge in [-0.25, -0.2) is 9.50 Å². The first-order valence-corrected chi connectivity index (χ1v) is 11.3. The van der Waals surface area contributed by atoms with Crippen LogP contribution >= 0.6 is 0 Å². The van der Waals surface area contributed by atoms with Crippen molar-refractivity contribution >= 4 is 17.5 Å². The maximum absolute atomic E-state index is 12.9. The minimum atomic E-state index is -0.290. The summed E-state index contributed by atoms with van der Waals surface area (Å²) in [4.78, 5) is 30.3. The lowest BCUT2D eigenvalue weighted by Crippen LogP contribution is -2.31. The van der Waals surface area contributed by atoms with Crippen LogP contribution in [0.2, 0.25) is 0 Å². The van der Waals surface area contributed by atoms with Crippen LogP contribution in [0.15, 0.2) is 30.3 Å². The maximum Gasteiger partial charge on any atom is 0.302 e. The Morgan fingerprint density at radius 3 is 2.39 bits per heavy atom. The number of hydrogen-bond donors (Lipinski definition) is 0. The number of fused-ring (bicyclic) bond motifs is 1. The first kappa shape index (κ1) is 24.2. The van der Waals surface area contributed by atoms with Crippen molar-refractivity contribution in [3.63, 3.8) is 0 Å². The second-order valence-corrected chi connectivity index (χ2v) is 7.91. The van der Waals surface area contributed by atoms with Crippen molar-refractivity contribution in [1.29, 1.82) is 0 Å². The van der Waals surface area contributed by atoms with Crippen LogP contribution in [0.25, 0.3) is 16.9 Å². The van der Waals surface area contributed by atoms with E-state index >= 15 is 0 Å². The molecule has 0 atom stereocenters. The number of aromatic nitrogens is 3. The Morgan fingerprint density at radius 2 is 1.76 bits per heavy atom. The molecule has 0 bridgehead atoms. The highest BCUT2D eigenvalue weighted by Crippen LogP contribution is 2.29. The predicted octanol–water partition coefficient (Wildman–Crippen LogP) is 3.76. The Balaban J connectivity index is 1.88. The average molecular weight is 453 g/mol. The number of amides is 1. The van der Waals surface area contributed by atoms with Gasteiger partial charge >= 0.3 is 5.97 Å². The van der Waals surface area contributed by atoms with Gasteiger partial charge in [0.1, 0.15) is 5.75 Å². The van der Waals surface area contributed by atoms with Gasteiger partial charge in [0.25, 0.3) is 0 Å². The molecule has 0 saturated carbocycles. The van der Waals surface area contributed by atoms with Crippen molar-refractivity contribution in [3.8, 4) is 17.0 Å². The fourth-order valence-electron chi connectivity index (χ4n) is 3.77. The van der Waals surface area contributed by atoms with Crippen LogP contribution in [0.3, 0.4) is 0 Å². The van der Waals surface area contributed by atoms with Crippen molar-refractivity contribution < 1.29 is 19.1 Å². The minimum absolute atomic E-state index is 0.0600. The summed E-state index contributed by atoms with van der Waals surface area (Å²) in [6.07, 6.45) is 0.862. The van der Waals surface area contributed by atoms with Crippen molar-refractivity contribution in [2.45, 2.75) is 47.5 Å². The van der Waals surface area contributed by atoms with E-state index in [2.05, 4.69) is 0 Å². The van der Waals surface area contributed by atoms with Gasteiger partial charge < -0.3 is 14.4 Å². The third kappa shape index (κ3) is 5.88. The summed E-state index contributed by atoms with van der Waals surface area (Å²) < 4.78 is 12.5. The number of benzene rings is 1. The van der Waals surface area contributed by atoms with Gasteiger partial charge in [-0.1, -0.05) is 0 Å². The van der Waals surface area contributed by atoms with E-state index in [-0.39, 0.29) is 18.3 Å². The molecular weight excluding hydrogens is 420 g/mol. The number of aryl methyl sites for hydroxylation is 2. The summed E-state index contributed by atoms with van der Waals surface area (Å²) in [5, 5.41) is 4.81. The highest BCUT2D eigenvalue weighted by atomic mass is 16.5. The third-order valence-corrected chi connectivity index (χ3v) is 5.43. The van der Waals surface area contributed by atoms with Crippen LogP contribution in [0.5, 0.6) is 5.75 Å². The first-order valence-electron chi connectivity index (χ1n) is 11.3. The van der Waals surface area contributed by atoms with E-state index < -0.39 is 0 Å². The molecule has 0 aliphatic rings. The lowest BCUT2D eigenvalue weighted by Gasteiger charge is -2.18. The highest BCUT2D eigenvalue weighted by Gasteiger charge is 2.22. The number of hydrogen-bond acceptors (Lipinski definition) is 6. The van der Waals surface area contributed by atoms with Crippen molar-refractivity contribution in [2.24, 2.45) is 0 Å². The molecule has 2 aromatic heterocycles. The van der Waals surface area contributed by atoms with Gasteiger partial charge in [0.05, 0.1) is 25.3 Å². The molecule has 0 aliphatic heterocycles. The summed E-state index contributed by atoms with van der Waals surface area (Å²) in [5.41, 5.74) is 5.04. The summed E-state index contributed by atoms with van der Waals surface area (Å²) in [7, 11) is 0. The number of esters is 1. The number of likely N-dealkylation sites (N-methyl/N-ethyl adjacent to an activating group) is 1. The standard InChI is InChI=1S/C25H32N4O4/c1-6-28(7-2)23(31)16-22-24(27-29-18(4)15-17(3)26-25(22)29)20-9-11-21(12-10-20)33-14-8-13-32-19(5)30/h9-12,15H,6-8,13-14,16H2,1-5H3. The molecule has 8 nitrogen and oxygen atoms in total. The summed E-state index contributed by atoms with van der Waals surface area (Å²) in [6.45, 7) is 11.4. The molecule has 0 spiro atoms. The third-order valence-electron chi connectivity index (χ3n) is 5.43. The predicted molar refractivity (Wildman–Crippen MR) is 126 cm³/mol. The van der Waals surface area contributed by atoms with E-state index in [9.17, 15) is 9.59 Å². The van der Waals surface area contributed by atoms with Gasteiger partial charge in [0.2, 0.25) is 5.91 Å². The van der Waals surface area contributed by atoms with E-state index in [1.165, 1.54) is 6.92 Å². The van der Waals surface area contributed by atoms with Gasteiger partial charge in [-0.2, -0.15) is 5.10 Å². The molecule has 0 unspecified atom stereocenters. The van der Waals surface area contributed by atoms with Gasteiger partial charge in [-0.05, 0) is 58.0 Å². The number of rotatable bonds is 10. The Labute approximate surface area is 194 Å². The van der Waals surface area contributed by atoms with Gasteiger partial charge in [0.15, 0.2) is 5.65 Å². The maximum atomic E-state index is 12.9. The molecule has 33 heavy (non-hydrogen) atoms. The zero-order valence-corrected chi connectivity index (χ0v) is 20.1. The molecule has 176 valence electrons. The molecule has 0 saturated heterocycles. The molecule has 8 heteroatoms. The van der Waals surface area contributed by atoms with Crippen molar-refractivity contribution in [1.82, 2.24) is 19.5 Å². The van der Waals surface area contributed by atoms with E-state index in [0.29, 0.717) is 38.4 Å². The Bertz CT molecular complexity index is 1120. The Morgan fingerprint density at radius 1 is 1.06 bits per heavy atom. The lowest BCUT2D eigenvalue weighted by atomic mass is 10.0. The first-order chi connectivity index (χ1) is 15.8. The molecule has 0 N–H and O–H groups in total. The number of carbonyl (C=O) groups excluding carboxylic acids is 2. The number of nitrogens with zero attached hydrogens (tertiary/aromatic N) is 4. The Kier molecular flexibility index (Phi) is 8.03. The van der Waals surface area contributed by atoms with Crippen molar-refractivity contribution in [2.75, 3.05) is 26.3 Å². The van der Waals surface area contributed by atoms with Crippen LogP contribution in [0.1, 0.15) is 44.1 Å². The number of carbonyl (C=O) groups is 2. The zero-order valence-electron chi connectivity index (χ0n) is 20.1. The quantitative estimate of drug-likeness (QED) is 0.344. The van der Waals surface area contributed by atoms with Crippen LogP contribution in [0.4, 0.5) is 0 Å². The average Bonchev–Trinajstić information content (AvgIpc) is 3.13. The van der Waals surface area contributed by atoms with Gasteiger partial charge in [0, 0.05) is 48.9 Å². The molecule has 0 radical (unpaired) electrons. The van der Waals surface area contributed by atoms with Gasteiger partial charge in [-0.15, -0.1) is 0 Å². The normalized spacial score (nSPS) is 10.9. The number of ether oxygens (including phenoxy) is 2. The van der Waals surface area contributed by atoms with Crippen LogP contribution < -0.4 is 4.74 Å².